The Balaban J connectivity index is 1.79. The van der Waals surface area contributed by atoms with Gasteiger partial charge >= 0.3 is 0 Å². The van der Waals surface area contributed by atoms with Gasteiger partial charge in [-0.05, 0) is 49.3 Å². The average molecular weight is 325 g/mol. The maximum atomic E-state index is 12.6. The van der Waals surface area contributed by atoms with E-state index >= 15 is 0 Å². The van der Waals surface area contributed by atoms with Crippen molar-refractivity contribution in [2.24, 2.45) is 0 Å². The lowest BCUT2D eigenvalue weighted by Crippen LogP contribution is -2.36. The number of amides is 1. The topological polar surface area (TPSA) is 62.1 Å². The van der Waals surface area contributed by atoms with E-state index in [0.717, 1.165) is 12.8 Å². The summed E-state index contributed by atoms with van der Waals surface area (Å²) < 4.78 is 30.4. The Morgan fingerprint density at radius 3 is 2.59 bits per heavy atom. The minimum atomic E-state index is -2.53. The van der Waals surface area contributed by atoms with Gasteiger partial charge in [-0.1, -0.05) is 0 Å². The van der Waals surface area contributed by atoms with Gasteiger partial charge in [0.05, 0.1) is 6.54 Å². The molecule has 1 N–H and O–H groups in total. The van der Waals surface area contributed by atoms with Crippen molar-refractivity contribution < 1.29 is 18.0 Å². The van der Waals surface area contributed by atoms with Gasteiger partial charge < -0.3 is 9.32 Å². The van der Waals surface area contributed by atoms with Crippen LogP contribution in [0.4, 0.5) is 8.78 Å². The fourth-order valence-corrected chi connectivity index (χ4v) is 2.33. The third-order valence-corrected chi connectivity index (χ3v) is 3.57. The van der Waals surface area contributed by atoms with E-state index in [1.54, 1.807) is 24.3 Å². The second-order valence-corrected chi connectivity index (χ2v) is 5.45. The van der Waals surface area contributed by atoms with Crippen LogP contribution in [0.15, 0.2) is 28.7 Å². The lowest BCUT2D eigenvalue weighted by molar-refractivity contribution is 0.0534. The number of hydrogen-bond acceptors (Lipinski definition) is 4. The number of alkyl halides is 2. The van der Waals surface area contributed by atoms with Crippen LogP contribution >= 0.6 is 12.2 Å². The van der Waals surface area contributed by atoms with Crippen LogP contribution in [0.25, 0.3) is 11.5 Å². The average Bonchev–Trinajstić information content (AvgIpc) is 3.25. The molecule has 1 saturated carbocycles. The molecule has 0 spiro atoms. The lowest BCUT2D eigenvalue weighted by Gasteiger charge is -2.22. The van der Waals surface area contributed by atoms with Gasteiger partial charge in [0.2, 0.25) is 5.89 Å². The van der Waals surface area contributed by atoms with E-state index in [1.165, 1.54) is 4.90 Å². The molecule has 8 heteroatoms. The number of nitrogens with one attached hydrogen (secondary N) is 1. The fraction of sp³-hybridized carbons (Fsp3) is 0.357. The van der Waals surface area contributed by atoms with Gasteiger partial charge in [0.15, 0.2) is 0 Å². The fourth-order valence-electron chi connectivity index (χ4n) is 2.21. The molecule has 116 valence electrons. The van der Waals surface area contributed by atoms with Crippen LogP contribution in [0.2, 0.25) is 0 Å². The van der Waals surface area contributed by atoms with Gasteiger partial charge in [0.1, 0.15) is 0 Å². The monoisotopic (exact) mass is 325 g/mol. The van der Waals surface area contributed by atoms with Crippen LogP contribution in [0, 0.1) is 4.84 Å². The van der Waals surface area contributed by atoms with Crippen LogP contribution in [-0.2, 0) is 0 Å². The highest BCUT2D eigenvalue weighted by atomic mass is 32.1. The number of carbonyl (C=O) groups excluding carboxylic acids is 1. The second-order valence-electron chi connectivity index (χ2n) is 5.08. The van der Waals surface area contributed by atoms with Crippen molar-refractivity contribution in [3.05, 3.63) is 34.7 Å². The number of H-pyrrole nitrogens is 1. The summed E-state index contributed by atoms with van der Waals surface area (Å²) in [5.41, 5.74) is 1.01. The number of nitrogens with zero attached hydrogens (tertiary/aromatic N) is 2. The molecule has 0 unspecified atom stereocenters. The number of rotatable bonds is 5. The van der Waals surface area contributed by atoms with Crippen molar-refractivity contribution in [3.8, 4) is 11.5 Å². The zero-order chi connectivity index (χ0) is 15.7. The van der Waals surface area contributed by atoms with Crippen molar-refractivity contribution in [2.75, 3.05) is 6.54 Å². The molecule has 0 aliphatic heterocycles. The van der Waals surface area contributed by atoms with Crippen molar-refractivity contribution in [1.82, 2.24) is 15.1 Å². The summed E-state index contributed by atoms with van der Waals surface area (Å²) in [5, 5.41) is 6.39. The van der Waals surface area contributed by atoms with Crippen LogP contribution in [0.3, 0.4) is 0 Å². The summed E-state index contributed by atoms with van der Waals surface area (Å²) in [7, 11) is 0. The molecule has 2 aromatic rings. The Hall–Kier alpha value is -2.09. The number of halogens is 2. The number of aromatic amines is 1. The SMILES string of the molecule is O=C(c1ccc(-c2n[nH]c(=S)o2)cc1)N(CC(F)F)C1CC1. The van der Waals surface area contributed by atoms with E-state index in [0.29, 0.717) is 17.0 Å². The first-order valence-corrected chi connectivity index (χ1v) is 7.20. The molecule has 1 aliphatic carbocycles. The maximum Gasteiger partial charge on any atom is 0.284 e. The van der Waals surface area contributed by atoms with Crippen LogP contribution < -0.4 is 0 Å². The zero-order valence-corrected chi connectivity index (χ0v) is 12.3. The molecular formula is C14H13F2N3O2S. The molecule has 1 aliphatic rings. The van der Waals surface area contributed by atoms with Crippen LogP contribution in [0.5, 0.6) is 0 Å². The summed E-state index contributed by atoms with van der Waals surface area (Å²) in [6.45, 7) is -0.529. The summed E-state index contributed by atoms with van der Waals surface area (Å²) in [6, 6.07) is 6.38. The smallest absolute Gasteiger partial charge is 0.284 e. The molecular weight excluding hydrogens is 312 g/mol. The van der Waals surface area contributed by atoms with Gasteiger partial charge in [-0.2, -0.15) is 0 Å². The Morgan fingerprint density at radius 2 is 2.09 bits per heavy atom. The Bertz CT molecular complexity index is 722. The largest absolute Gasteiger partial charge is 0.409 e. The van der Waals surface area contributed by atoms with Gasteiger partial charge in [0, 0.05) is 17.2 Å². The molecule has 1 heterocycles. The predicted octanol–water partition coefficient (Wildman–Crippen LogP) is 3.27. The Labute approximate surface area is 129 Å². The van der Waals surface area contributed by atoms with Crippen molar-refractivity contribution in [2.45, 2.75) is 25.3 Å². The Morgan fingerprint density at radius 1 is 1.41 bits per heavy atom. The molecule has 1 fully saturated rings. The maximum absolute atomic E-state index is 12.6. The first-order chi connectivity index (χ1) is 10.5. The number of carbonyl (C=O) groups is 1. The number of hydrogen-bond donors (Lipinski definition) is 1. The molecule has 0 saturated heterocycles. The van der Waals surface area contributed by atoms with Gasteiger partial charge in [0.25, 0.3) is 17.2 Å². The lowest BCUT2D eigenvalue weighted by atomic mass is 10.1. The van der Waals surface area contributed by atoms with E-state index in [9.17, 15) is 13.6 Å². The van der Waals surface area contributed by atoms with Gasteiger partial charge in [-0.3, -0.25) is 4.79 Å². The minimum Gasteiger partial charge on any atom is -0.409 e. The highest BCUT2D eigenvalue weighted by Gasteiger charge is 2.34. The molecule has 0 radical (unpaired) electrons. The molecule has 1 aromatic heterocycles. The minimum absolute atomic E-state index is 0.0645. The molecule has 1 amide bonds. The first kappa shape index (κ1) is 14.8. The summed E-state index contributed by atoms with van der Waals surface area (Å²) in [6.07, 6.45) is -0.966. The summed E-state index contributed by atoms with van der Waals surface area (Å²) in [5.74, 6) is -0.0621. The molecule has 5 nitrogen and oxygen atoms in total. The zero-order valence-electron chi connectivity index (χ0n) is 11.5. The van der Waals surface area contributed by atoms with Crippen LogP contribution in [-0.4, -0.2) is 40.0 Å². The van der Waals surface area contributed by atoms with E-state index < -0.39 is 13.0 Å². The molecule has 3 rings (SSSR count). The summed E-state index contributed by atoms with van der Waals surface area (Å²) >= 11 is 4.79. The first-order valence-electron chi connectivity index (χ1n) is 6.79. The number of aromatic nitrogens is 2. The quantitative estimate of drug-likeness (QED) is 0.857. The second kappa shape index (κ2) is 5.96. The molecule has 0 bridgehead atoms. The molecule has 22 heavy (non-hydrogen) atoms. The predicted molar refractivity (Wildman–Crippen MR) is 77.2 cm³/mol. The Kier molecular flexibility index (Phi) is 4.02. The molecule has 0 atom stereocenters. The van der Waals surface area contributed by atoms with Gasteiger partial charge in [-0.25, -0.2) is 13.9 Å². The van der Waals surface area contributed by atoms with E-state index in [-0.39, 0.29) is 16.8 Å². The molecule has 1 aromatic carbocycles. The number of benzene rings is 1. The van der Waals surface area contributed by atoms with E-state index in [1.807, 2.05) is 0 Å². The third-order valence-electron chi connectivity index (χ3n) is 3.40. The van der Waals surface area contributed by atoms with Crippen molar-refractivity contribution in [1.29, 1.82) is 0 Å². The third kappa shape index (κ3) is 3.22. The van der Waals surface area contributed by atoms with Crippen LogP contribution in [0.1, 0.15) is 23.2 Å². The summed E-state index contributed by atoms with van der Waals surface area (Å²) in [4.78, 5) is 13.8. The standard InChI is InChI=1S/C14H13F2N3O2S/c15-11(16)7-19(10-5-6-10)13(20)9-3-1-8(2-4-9)12-17-18-14(22)21-12/h1-4,10-11H,5-7H2,(H,18,22). The van der Waals surface area contributed by atoms with E-state index in [2.05, 4.69) is 10.2 Å². The van der Waals surface area contributed by atoms with Crippen molar-refractivity contribution >= 4 is 18.1 Å². The van der Waals surface area contributed by atoms with Gasteiger partial charge in [-0.15, -0.1) is 5.10 Å². The van der Waals surface area contributed by atoms with E-state index in [4.69, 9.17) is 16.6 Å². The highest BCUT2D eigenvalue weighted by Crippen LogP contribution is 2.29. The van der Waals surface area contributed by atoms with Crippen molar-refractivity contribution in [3.63, 3.8) is 0 Å². The normalized spacial score (nSPS) is 14.3. The highest BCUT2D eigenvalue weighted by molar-refractivity contribution is 7.71.